The van der Waals surface area contributed by atoms with Crippen LogP contribution in [0.4, 0.5) is 5.69 Å². The van der Waals surface area contributed by atoms with E-state index in [9.17, 15) is 9.59 Å². The van der Waals surface area contributed by atoms with Gasteiger partial charge in [-0.2, -0.15) is 0 Å². The van der Waals surface area contributed by atoms with Crippen molar-refractivity contribution in [1.29, 1.82) is 0 Å². The Morgan fingerprint density at radius 1 is 1.21 bits per heavy atom. The number of ether oxygens (including phenoxy) is 3. The van der Waals surface area contributed by atoms with Gasteiger partial charge in [0, 0.05) is 7.05 Å². The highest BCUT2D eigenvalue weighted by molar-refractivity contribution is 8.18. The molecule has 2 aromatic carbocycles. The van der Waals surface area contributed by atoms with E-state index < -0.39 is 0 Å². The summed E-state index contributed by atoms with van der Waals surface area (Å²) in [6.07, 6.45) is 1.80. The summed E-state index contributed by atoms with van der Waals surface area (Å²) in [7, 11) is 1.68. The Kier molecular flexibility index (Phi) is 5.26. The number of aliphatic imine (C=N–C) groups is 1. The molecule has 0 unspecified atom stereocenters. The van der Waals surface area contributed by atoms with E-state index in [1.165, 1.54) is 16.7 Å². The van der Waals surface area contributed by atoms with Gasteiger partial charge >= 0.3 is 5.97 Å². The first-order valence-corrected chi connectivity index (χ1v) is 9.80. The Balaban J connectivity index is 1.54. The number of thioether (sulfide) groups is 1. The Hall–Kier alpha value is -3.26. The number of benzene rings is 2. The number of nitrogens with zero attached hydrogens (tertiary/aromatic N) is 2. The number of esters is 1. The first-order chi connectivity index (χ1) is 14.0. The second kappa shape index (κ2) is 8.00. The van der Waals surface area contributed by atoms with Crippen molar-refractivity contribution < 1.29 is 23.8 Å². The molecular weight excluding hydrogens is 392 g/mol. The lowest BCUT2D eigenvalue weighted by Gasteiger charge is -2.07. The number of fused-ring (bicyclic) bond motifs is 1. The van der Waals surface area contributed by atoms with Crippen LogP contribution in [0.5, 0.6) is 11.5 Å². The number of hydrogen-bond acceptors (Lipinski definition) is 7. The van der Waals surface area contributed by atoms with E-state index in [2.05, 4.69) is 4.99 Å². The third-order valence-corrected chi connectivity index (χ3v) is 5.36. The van der Waals surface area contributed by atoms with Crippen LogP contribution in [-0.2, 0) is 9.53 Å². The predicted octanol–water partition coefficient (Wildman–Crippen LogP) is 3.83. The molecular formula is C21H18N2O5S. The highest BCUT2D eigenvalue weighted by Crippen LogP contribution is 2.36. The molecule has 2 heterocycles. The zero-order chi connectivity index (χ0) is 20.4. The first-order valence-electron chi connectivity index (χ1n) is 8.98. The van der Waals surface area contributed by atoms with E-state index in [1.807, 2.05) is 18.2 Å². The number of hydrogen-bond donors (Lipinski definition) is 0. The molecule has 0 saturated carbocycles. The fourth-order valence-electron chi connectivity index (χ4n) is 2.80. The smallest absolute Gasteiger partial charge is 0.338 e. The number of carbonyl (C=O) groups excluding carboxylic acids is 2. The van der Waals surface area contributed by atoms with Crippen LogP contribution in [0.2, 0.25) is 0 Å². The summed E-state index contributed by atoms with van der Waals surface area (Å²) in [6.45, 7) is 2.29. The molecule has 7 nitrogen and oxygen atoms in total. The van der Waals surface area contributed by atoms with Crippen LogP contribution in [0.25, 0.3) is 6.08 Å². The highest BCUT2D eigenvalue weighted by atomic mass is 32.2. The molecule has 0 radical (unpaired) electrons. The molecule has 4 rings (SSSR count). The minimum Gasteiger partial charge on any atom is -0.462 e. The molecule has 1 fully saturated rings. The third-order valence-electron chi connectivity index (χ3n) is 4.30. The fraction of sp³-hybridized carbons (Fsp3) is 0.190. The molecule has 8 heteroatoms. The van der Waals surface area contributed by atoms with Gasteiger partial charge in [0.25, 0.3) is 5.91 Å². The van der Waals surface area contributed by atoms with Gasteiger partial charge in [-0.05, 0) is 66.7 Å². The monoisotopic (exact) mass is 410 g/mol. The molecule has 148 valence electrons. The molecule has 0 aromatic heterocycles. The van der Waals surface area contributed by atoms with Gasteiger partial charge < -0.3 is 14.2 Å². The standard InChI is InChI=1S/C21H18N2O5S/c1-3-26-20(25)14-5-7-15(8-6-14)22-21-23(2)19(24)18(29-21)11-13-4-9-16-17(10-13)28-12-27-16/h4-11H,3,12H2,1-2H3/b18-11-,22-21?. The molecule has 1 saturated heterocycles. The Morgan fingerprint density at radius 2 is 1.97 bits per heavy atom. The second-order valence-electron chi connectivity index (χ2n) is 6.25. The molecule has 2 aromatic rings. The van der Waals surface area contributed by atoms with Crippen molar-refractivity contribution in [3.05, 3.63) is 58.5 Å². The van der Waals surface area contributed by atoms with E-state index >= 15 is 0 Å². The van der Waals surface area contributed by atoms with E-state index in [1.54, 1.807) is 44.3 Å². The summed E-state index contributed by atoms with van der Waals surface area (Å²) >= 11 is 1.29. The van der Waals surface area contributed by atoms with Gasteiger partial charge in [-0.1, -0.05) is 6.07 Å². The van der Waals surface area contributed by atoms with Gasteiger partial charge in [0.15, 0.2) is 16.7 Å². The molecule has 29 heavy (non-hydrogen) atoms. The van der Waals surface area contributed by atoms with Crippen LogP contribution in [0, 0.1) is 0 Å². The van der Waals surface area contributed by atoms with E-state index in [4.69, 9.17) is 14.2 Å². The molecule has 0 atom stereocenters. The molecule has 2 aliphatic heterocycles. The average molecular weight is 410 g/mol. The maximum absolute atomic E-state index is 12.6. The average Bonchev–Trinajstić information content (AvgIpc) is 3.29. The van der Waals surface area contributed by atoms with Crippen molar-refractivity contribution >= 4 is 40.6 Å². The maximum Gasteiger partial charge on any atom is 0.338 e. The molecule has 0 bridgehead atoms. The van der Waals surface area contributed by atoms with Gasteiger partial charge in [0.2, 0.25) is 6.79 Å². The quantitative estimate of drug-likeness (QED) is 0.563. The largest absolute Gasteiger partial charge is 0.462 e. The number of amidine groups is 1. The molecule has 1 amide bonds. The van der Waals surface area contributed by atoms with Crippen molar-refractivity contribution in [3.63, 3.8) is 0 Å². The van der Waals surface area contributed by atoms with Crippen LogP contribution in [0.1, 0.15) is 22.8 Å². The van der Waals surface area contributed by atoms with E-state index in [-0.39, 0.29) is 18.7 Å². The lowest BCUT2D eigenvalue weighted by Crippen LogP contribution is -2.23. The minimum atomic E-state index is -0.372. The normalized spacial score (nSPS) is 18.0. The molecule has 0 aliphatic carbocycles. The fourth-order valence-corrected chi connectivity index (χ4v) is 3.79. The predicted molar refractivity (Wildman–Crippen MR) is 110 cm³/mol. The van der Waals surface area contributed by atoms with Gasteiger partial charge in [0.05, 0.1) is 22.8 Å². The highest BCUT2D eigenvalue weighted by Gasteiger charge is 2.30. The minimum absolute atomic E-state index is 0.130. The number of rotatable bonds is 4. The van der Waals surface area contributed by atoms with Crippen LogP contribution in [0.3, 0.4) is 0 Å². The van der Waals surface area contributed by atoms with Crippen molar-refractivity contribution in [2.24, 2.45) is 4.99 Å². The number of likely N-dealkylation sites (N-methyl/N-ethyl adjacent to an activating group) is 1. The van der Waals surface area contributed by atoms with Crippen LogP contribution in [-0.4, -0.2) is 42.4 Å². The lowest BCUT2D eigenvalue weighted by atomic mass is 10.2. The SMILES string of the molecule is CCOC(=O)c1ccc(N=C2S/C(=C\c3ccc4c(c3)OCO4)C(=O)N2C)cc1. The molecule has 0 N–H and O–H groups in total. The summed E-state index contributed by atoms with van der Waals surface area (Å²) < 4.78 is 15.7. The van der Waals surface area contributed by atoms with Crippen LogP contribution < -0.4 is 9.47 Å². The maximum atomic E-state index is 12.6. The Morgan fingerprint density at radius 3 is 2.72 bits per heavy atom. The molecule has 0 spiro atoms. The first kappa shape index (κ1) is 19.1. The van der Waals surface area contributed by atoms with Gasteiger partial charge in [-0.3, -0.25) is 9.69 Å². The zero-order valence-electron chi connectivity index (χ0n) is 15.9. The van der Waals surface area contributed by atoms with Crippen molar-refractivity contribution in [1.82, 2.24) is 4.90 Å². The van der Waals surface area contributed by atoms with Gasteiger partial charge in [-0.25, -0.2) is 9.79 Å². The van der Waals surface area contributed by atoms with Crippen LogP contribution >= 0.6 is 11.8 Å². The number of amides is 1. The lowest BCUT2D eigenvalue weighted by molar-refractivity contribution is -0.121. The zero-order valence-corrected chi connectivity index (χ0v) is 16.7. The van der Waals surface area contributed by atoms with Crippen molar-refractivity contribution in [2.75, 3.05) is 20.4 Å². The topological polar surface area (TPSA) is 77.4 Å². The van der Waals surface area contributed by atoms with Crippen molar-refractivity contribution in [2.45, 2.75) is 6.92 Å². The summed E-state index contributed by atoms with van der Waals surface area (Å²) in [5.41, 5.74) is 1.95. The van der Waals surface area contributed by atoms with Crippen molar-refractivity contribution in [3.8, 4) is 11.5 Å². The Bertz CT molecular complexity index is 1030. The summed E-state index contributed by atoms with van der Waals surface area (Å²) in [5.74, 6) is 0.861. The van der Waals surface area contributed by atoms with Gasteiger partial charge in [-0.15, -0.1) is 0 Å². The second-order valence-corrected chi connectivity index (χ2v) is 7.26. The van der Waals surface area contributed by atoms with E-state index in [0.29, 0.717) is 39.4 Å². The third kappa shape index (κ3) is 3.97. The van der Waals surface area contributed by atoms with Crippen LogP contribution in [0.15, 0.2) is 52.4 Å². The summed E-state index contributed by atoms with van der Waals surface area (Å²) in [4.78, 5) is 30.9. The summed E-state index contributed by atoms with van der Waals surface area (Å²) in [6, 6.07) is 12.3. The van der Waals surface area contributed by atoms with E-state index in [0.717, 1.165) is 5.56 Å². The Labute approximate surface area is 172 Å². The molecule has 2 aliphatic rings. The number of carbonyl (C=O) groups is 2. The summed E-state index contributed by atoms with van der Waals surface area (Å²) in [5, 5.41) is 0.561. The van der Waals surface area contributed by atoms with Gasteiger partial charge in [0.1, 0.15) is 0 Å².